The Morgan fingerprint density at radius 1 is 1.32 bits per heavy atom. The topological polar surface area (TPSA) is 145 Å². The Balaban J connectivity index is 1.58. The third-order valence-corrected chi connectivity index (χ3v) is 6.22. The Bertz CT molecular complexity index is 1360. The lowest BCUT2D eigenvalue weighted by atomic mass is 10.0. The Hall–Kier alpha value is -4.24. The van der Waals surface area contributed by atoms with Gasteiger partial charge in [0, 0.05) is 31.7 Å². The molecule has 3 aromatic rings. The second-order valence-corrected chi connectivity index (χ2v) is 9.48. The van der Waals surface area contributed by atoms with Crippen LogP contribution in [0.25, 0.3) is 16.9 Å². The van der Waals surface area contributed by atoms with Gasteiger partial charge in [0.05, 0.1) is 59.2 Å². The van der Waals surface area contributed by atoms with Crippen LogP contribution in [0.1, 0.15) is 29.8 Å². The number of halogens is 1. The molecule has 1 fully saturated rings. The van der Waals surface area contributed by atoms with E-state index in [9.17, 15) is 19.1 Å². The predicted molar refractivity (Wildman–Crippen MR) is 133 cm³/mol. The fraction of sp³-hybridized carbons (Fsp3) is 0.400. The minimum atomic E-state index is -1.66. The number of nitriles is 1. The van der Waals surface area contributed by atoms with E-state index in [0.29, 0.717) is 47.8 Å². The standard InChI is InChI=1S/C25H28FN7O4/c1-25(2,36)22(26)12-30-23(34)18-11-29-20(21-5-4-17-6-15(8-27)10-31-33(17)21)7-19(18)28-9-16-13-32(14-16)24(35)37-3/h4-7,10-11,16,22,36H,9,12-14H2,1-3H3,(H,28,29)(H,30,34)/t22-/m1/s1. The molecule has 3 N–H and O–H groups in total. The van der Waals surface area contributed by atoms with E-state index in [1.54, 1.807) is 21.5 Å². The summed E-state index contributed by atoms with van der Waals surface area (Å²) < 4.78 is 20.6. The van der Waals surface area contributed by atoms with Crippen LogP contribution < -0.4 is 10.6 Å². The number of pyridine rings is 1. The summed E-state index contributed by atoms with van der Waals surface area (Å²) >= 11 is 0. The van der Waals surface area contributed by atoms with Crippen molar-refractivity contribution in [3.05, 3.63) is 47.8 Å². The van der Waals surface area contributed by atoms with Gasteiger partial charge in [0.1, 0.15) is 12.2 Å². The van der Waals surface area contributed by atoms with Crippen LogP contribution in [0.5, 0.6) is 0 Å². The lowest BCUT2D eigenvalue weighted by molar-refractivity contribution is -0.00177. The van der Waals surface area contributed by atoms with Crippen LogP contribution in [0.15, 0.2) is 36.7 Å². The highest BCUT2D eigenvalue weighted by Gasteiger charge is 2.31. The Kier molecular flexibility index (Phi) is 7.26. The number of hydrogen-bond acceptors (Lipinski definition) is 8. The zero-order valence-corrected chi connectivity index (χ0v) is 20.7. The van der Waals surface area contributed by atoms with Gasteiger partial charge in [-0.25, -0.2) is 13.7 Å². The molecule has 0 aliphatic carbocycles. The number of likely N-dealkylation sites (tertiary alicyclic amines) is 1. The summed E-state index contributed by atoms with van der Waals surface area (Å²) in [7, 11) is 1.33. The van der Waals surface area contributed by atoms with E-state index < -0.39 is 17.7 Å². The van der Waals surface area contributed by atoms with Gasteiger partial charge in [-0.1, -0.05) is 0 Å². The summed E-state index contributed by atoms with van der Waals surface area (Å²) in [5.41, 5.74) is 1.41. The molecule has 0 radical (unpaired) electrons. The van der Waals surface area contributed by atoms with Crippen LogP contribution in [0.4, 0.5) is 14.9 Å². The summed E-state index contributed by atoms with van der Waals surface area (Å²) in [4.78, 5) is 30.6. The molecule has 4 rings (SSSR count). The molecule has 2 amide bonds. The van der Waals surface area contributed by atoms with Crippen molar-refractivity contribution in [2.45, 2.75) is 25.6 Å². The quantitative estimate of drug-likeness (QED) is 0.419. The van der Waals surface area contributed by atoms with Crippen LogP contribution in [0, 0.1) is 17.2 Å². The van der Waals surface area contributed by atoms with Gasteiger partial charge in [-0.2, -0.15) is 10.4 Å². The fourth-order valence-electron chi connectivity index (χ4n) is 3.94. The third kappa shape index (κ3) is 5.62. The molecule has 194 valence electrons. The number of alkyl halides is 1. The van der Waals surface area contributed by atoms with Crippen molar-refractivity contribution in [3.63, 3.8) is 0 Å². The summed E-state index contributed by atoms with van der Waals surface area (Å²) in [6.07, 6.45) is 0.810. The van der Waals surface area contributed by atoms with Gasteiger partial charge in [0.15, 0.2) is 0 Å². The SMILES string of the molecule is COC(=O)N1CC(CNc2cc(-c3ccc4cc(C#N)cnn34)ncc2C(=O)NC[C@@H](F)C(C)(C)O)C1. The molecule has 0 bridgehead atoms. The third-order valence-electron chi connectivity index (χ3n) is 6.22. The Morgan fingerprint density at radius 3 is 2.76 bits per heavy atom. The fourth-order valence-corrected chi connectivity index (χ4v) is 3.94. The van der Waals surface area contributed by atoms with E-state index in [2.05, 4.69) is 26.8 Å². The molecule has 1 aliphatic rings. The number of aromatic nitrogens is 3. The van der Waals surface area contributed by atoms with E-state index in [4.69, 9.17) is 10.00 Å². The summed E-state index contributed by atoms with van der Waals surface area (Å²) in [6, 6.07) is 9.09. The smallest absolute Gasteiger partial charge is 0.409 e. The van der Waals surface area contributed by atoms with E-state index in [1.165, 1.54) is 33.4 Å². The van der Waals surface area contributed by atoms with Crippen molar-refractivity contribution in [2.75, 3.05) is 38.6 Å². The number of carbonyl (C=O) groups excluding carboxylic acids is 2. The second-order valence-electron chi connectivity index (χ2n) is 9.48. The van der Waals surface area contributed by atoms with Gasteiger partial charge < -0.3 is 25.4 Å². The zero-order valence-electron chi connectivity index (χ0n) is 20.7. The first-order valence-corrected chi connectivity index (χ1v) is 11.7. The number of aliphatic hydroxyl groups is 1. The van der Waals surface area contributed by atoms with Crippen LogP contribution in [-0.2, 0) is 4.74 Å². The molecule has 1 saturated heterocycles. The van der Waals surface area contributed by atoms with Crippen molar-refractivity contribution in [1.82, 2.24) is 24.8 Å². The van der Waals surface area contributed by atoms with Gasteiger partial charge in [0.25, 0.3) is 5.91 Å². The van der Waals surface area contributed by atoms with Crippen molar-refractivity contribution >= 4 is 23.2 Å². The number of fused-ring (bicyclic) bond motifs is 1. The number of methoxy groups -OCH3 is 1. The van der Waals surface area contributed by atoms with Crippen molar-refractivity contribution < 1.29 is 23.8 Å². The van der Waals surface area contributed by atoms with E-state index >= 15 is 0 Å². The van der Waals surface area contributed by atoms with Crippen LogP contribution in [-0.4, -0.2) is 81.7 Å². The number of ether oxygens (including phenoxy) is 1. The second kappa shape index (κ2) is 10.4. The lowest BCUT2D eigenvalue weighted by Gasteiger charge is -2.38. The maximum Gasteiger partial charge on any atom is 0.409 e. The Labute approximate surface area is 212 Å². The minimum absolute atomic E-state index is 0.150. The molecular weight excluding hydrogens is 481 g/mol. The molecule has 12 heteroatoms. The first-order chi connectivity index (χ1) is 17.6. The predicted octanol–water partition coefficient (Wildman–Crippen LogP) is 2.22. The van der Waals surface area contributed by atoms with Crippen molar-refractivity contribution in [1.29, 1.82) is 5.26 Å². The molecule has 3 aromatic heterocycles. The summed E-state index contributed by atoms with van der Waals surface area (Å²) in [6.45, 7) is 3.81. The first kappa shape index (κ1) is 25.8. The van der Waals surface area contributed by atoms with Gasteiger partial charge >= 0.3 is 6.09 Å². The molecule has 0 saturated carbocycles. The van der Waals surface area contributed by atoms with Crippen molar-refractivity contribution in [2.24, 2.45) is 5.92 Å². The molecule has 0 spiro atoms. The van der Waals surface area contributed by atoms with Crippen molar-refractivity contribution in [3.8, 4) is 17.5 Å². The molecule has 1 atom stereocenters. The van der Waals surface area contributed by atoms with Gasteiger partial charge in [-0.05, 0) is 38.1 Å². The molecule has 1 aliphatic heterocycles. The highest BCUT2D eigenvalue weighted by atomic mass is 19.1. The highest BCUT2D eigenvalue weighted by Crippen LogP contribution is 2.27. The van der Waals surface area contributed by atoms with Crippen LogP contribution in [0.3, 0.4) is 0 Å². The van der Waals surface area contributed by atoms with Crippen LogP contribution in [0.2, 0.25) is 0 Å². The summed E-state index contributed by atoms with van der Waals surface area (Å²) in [5.74, 6) is -0.396. The highest BCUT2D eigenvalue weighted by molar-refractivity contribution is 6.00. The Morgan fingerprint density at radius 2 is 2.08 bits per heavy atom. The van der Waals surface area contributed by atoms with Gasteiger partial charge in [-0.3, -0.25) is 9.78 Å². The molecule has 37 heavy (non-hydrogen) atoms. The zero-order chi connectivity index (χ0) is 26.7. The molecule has 11 nitrogen and oxygen atoms in total. The molecular formula is C25H28FN7O4. The molecule has 0 aromatic carbocycles. The number of nitrogens with zero attached hydrogens (tertiary/aromatic N) is 5. The average molecular weight is 510 g/mol. The van der Waals surface area contributed by atoms with Gasteiger partial charge in [-0.15, -0.1) is 0 Å². The average Bonchev–Trinajstić information content (AvgIpc) is 3.28. The molecule has 0 unspecified atom stereocenters. The monoisotopic (exact) mass is 509 g/mol. The molecule has 4 heterocycles. The van der Waals surface area contributed by atoms with E-state index in [1.807, 2.05) is 12.1 Å². The number of carbonyl (C=O) groups is 2. The van der Waals surface area contributed by atoms with Crippen LogP contribution >= 0.6 is 0 Å². The number of rotatable bonds is 8. The minimum Gasteiger partial charge on any atom is -0.453 e. The van der Waals surface area contributed by atoms with E-state index in [0.717, 1.165) is 0 Å². The number of nitrogens with one attached hydrogen (secondary N) is 2. The van der Waals surface area contributed by atoms with E-state index in [-0.39, 0.29) is 24.1 Å². The largest absolute Gasteiger partial charge is 0.453 e. The normalized spacial score (nSPS) is 14.5. The number of amides is 2. The number of anilines is 1. The first-order valence-electron chi connectivity index (χ1n) is 11.7. The van der Waals surface area contributed by atoms with Gasteiger partial charge in [0.2, 0.25) is 0 Å². The summed E-state index contributed by atoms with van der Waals surface area (Å²) in [5, 5.41) is 29.1. The maximum absolute atomic E-state index is 14.2. The maximum atomic E-state index is 14.2. The number of hydrogen-bond donors (Lipinski definition) is 3. The lowest BCUT2D eigenvalue weighted by Crippen LogP contribution is -2.52.